The number of anilines is 1. The normalized spacial score (nSPS) is 12.0. The van der Waals surface area contributed by atoms with Gasteiger partial charge in [0, 0.05) is 23.6 Å². The van der Waals surface area contributed by atoms with E-state index < -0.39 is 0 Å². The quantitative estimate of drug-likeness (QED) is 0.408. The van der Waals surface area contributed by atoms with E-state index in [9.17, 15) is 4.79 Å². The first kappa shape index (κ1) is 22.3. The van der Waals surface area contributed by atoms with Crippen molar-refractivity contribution in [2.45, 2.75) is 62.5 Å². The van der Waals surface area contributed by atoms with Crippen LogP contribution in [0.5, 0.6) is 0 Å². The Hall–Kier alpha value is -2.39. The number of nitrogens with one attached hydrogen (secondary N) is 1. The van der Waals surface area contributed by atoms with E-state index in [0.717, 1.165) is 45.3 Å². The number of aromatic nitrogens is 5. The summed E-state index contributed by atoms with van der Waals surface area (Å²) in [7, 11) is 0. The number of carbonyl (C=O) groups is 1. The van der Waals surface area contributed by atoms with E-state index in [1.807, 2.05) is 69.5 Å². The van der Waals surface area contributed by atoms with Crippen molar-refractivity contribution in [2.75, 3.05) is 5.32 Å². The molecule has 0 bridgehead atoms. The molecule has 0 aliphatic heterocycles. The summed E-state index contributed by atoms with van der Waals surface area (Å²) in [4.78, 5) is 21.6. The van der Waals surface area contributed by atoms with E-state index in [2.05, 4.69) is 25.5 Å². The van der Waals surface area contributed by atoms with Gasteiger partial charge in [-0.25, -0.2) is 9.97 Å². The first-order valence-electron chi connectivity index (χ1n) is 9.77. The molecule has 30 heavy (non-hydrogen) atoms. The number of aryl methyl sites for hydroxylation is 3. The number of rotatable bonds is 8. The summed E-state index contributed by atoms with van der Waals surface area (Å²) >= 11 is 2.95. The highest BCUT2D eigenvalue weighted by Gasteiger charge is 2.20. The highest BCUT2D eigenvalue weighted by Crippen LogP contribution is 2.26. The molecule has 0 fully saturated rings. The molecule has 1 amide bonds. The number of amides is 1. The van der Waals surface area contributed by atoms with Crippen molar-refractivity contribution < 1.29 is 4.79 Å². The first-order chi connectivity index (χ1) is 14.4. The average molecular weight is 443 g/mol. The minimum Gasteiger partial charge on any atom is -0.325 e. The van der Waals surface area contributed by atoms with Crippen LogP contribution in [0.1, 0.15) is 36.6 Å². The second-order valence-corrected chi connectivity index (χ2v) is 9.18. The highest BCUT2D eigenvalue weighted by atomic mass is 32.2. The van der Waals surface area contributed by atoms with Crippen LogP contribution in [-0.2, 0) is 17.1 Å². The lowest BCUT2D eigenvalue weighted by molar-refractivity contribution is -0.115. The lowest BCUT2D eigenvalue weighted by atomic mass is 10.2. The number of benzene rings is 1. The Bertz CT molecular complexity index is 1020. The van der Waals surface area contributed by atoms with Crippen LogP contribution in [-0.4, -0.2) is 35.9 Å². The van der Waals surface area contributed by atoms with Crippen molar-refractivity contribution in [1.82, 2.24) is 24.7 Å². The van der Waals surface area contributed by atoms with Crippen molar-refractivity contribution in [1.29, 1.82) is 0 Å². The van der Waals surface area contributed by atoms with Gasteiger partial charge in [0.1, 0.15) is 5.82 Å². The molecule has 0 aliphatic rings. The van der Waals surface area contributed by atoms with Gasteiger partial charge in [-0.05, 0) is 52.3 Å². The SMILES string of the molecule is CCn1c(CSc2nc(C)cc(C)n2)nnc1S[C@@H](C)C(=O)Nc1ccccc1C. The van der Waals surface area contributed by atoms with Crippen LogP contribution in [0.15, 0.2) is 40.6 Å². The molecule has 7 nitrogen and oxygen atoms in total. The molecule has 1 N–H and O–H groups in total. The second kappa shape index (κ2) is 10.1. The topological polar surface area (TPSA) is 85.6 Å². The van der Waals surface area contributed by atoms with Gasteiger partial charge in [-0.1, -0.05) is 41.7 Å². The van der Waals surface area contributed by atoms with Crippen LogP contribution in [0.3, 0.4) is 0 Å². The maximum atomic E-state index is 12.6. The first-order valence-corrected chi connectivity index (χ1v) is 11.6. The second-order valence-electron chi connectivity index (χ2n) is 6.93. The van der Waals surface area contributed by atoms with Gasteiger partial charge in [-0.2, -0.15) is 0 Å². The van der Waals surface area contributed by atoms with Crippen molar-refractivity contribution in [3.05, 3.63) is 53.1 Å². The largest absolute Gasteiger partial charge is 0.325 e. The summed E-state index contributed by atoms with van der Waals surface area (Å²) in [6.07, 6.45) is 0. The zero-order valence-corrected chi connectivity index (χ0v) is 19.5. The van der Waals surface area contributed by atoms with Gasteiger partial charge in [-0.3, -0.25) is 4.79 Å². The Labute approximate surface area is 185 Å². The highest BCUT2D eigenvalue weighted by molar-refractivity contribution is 8.00. The molecule has 0 aliphatic carbocycles. The van der Waals surface area contributed by atoms with Crippen LogP contribution in [0.25, 0.3) is 0 Å². The molecule has 0 saturated carbocycles. The Morgan fingerprint density at radius 1 is 1.13 bits per heavy atom. The van der Waals surface area contributed by atoms with Gasteiger partial charge in [0.2, 0.25) is 5.91 Å². The number of para-hydroxylation sites is 1. The van der Waals surface area contributed by atoms with Gasteiger partial charge in [0.25, 0.3) is 0 Å². The van der Waals surface area contributed by atoms with E-state index in [-0.39, 0.29) is 11.2 Å². The minimum atomic E-state index is -0.303. The van der Waals surface area contributed by atoms with Crippen LogP contribution in [0.4, 0.5) is 5.69 Å². The monoisotopic (exact) mass is 442 g/mol. The molecule has 0 radical (unpaired) electrons. The Balaban J connectivity index is 1.66. The van der Waals surface area contributed by atoms with Crippen LogP contribution in [0, 0.1) is 20.8 Å². The number of hydrogen-bond acceptors (Lipinski definition) is 7. The molecule has 158 valence electrons. The lowest BCUT2D eigenvalue weighted by Gasteiger charge is -2.14. The minimum absolute atomic E-state index is 0.0560. The molecule has 3 rings (SSSR count). The van der Waals surface area contributed by atoms with Gasteiger partial charge in [-0.15, -0.1) is 10.2 Å². The van der Waals surface area contributed by atoms with E-state index >= 15 is 0 Å². The summed E-state index contributed by atoms with van der Waals surface area (Å²) in [5.41, 5.74) is 3.77. The molecule has 3 aromatic rings. The van der Waals surface area contributed by atoms with Crippen molar-refractivity contribution in [3.8, 4) is 0 Å². The van der Waals surface area contributed by atoms with Crippen LogP contribution >= 0.6 is 23.5 Å². The molecule has 2 heterocycles. The Kier molecular flexibility index (Phi) is 7.49. The predicted molar refractivity (Wildman–Crippen MR) is 122 cm³/mol. The number of nitrogens with zero attached hydrogens (tertiary/aromatic N) is 5. The molecule has 2 aromatic heterocycles. The number of carbonyl (C=O) groups excluding carboxylic acids is 1. The maximum absolute atomic E-state index is 12.6. The zero-order chi connectivity index (χ0) is 21.7. The molecular weight excluding hydrogens is 416 g/mol. The molecule has 0 saturated heterocycles. The van der Waals surface area contributed by atoms with E-state index in [4.69, 9.17) is 0 Å². The third-order valence-electron chi connectivity index (χ3n) is 4.46. The fourth-order valence-corrected chi connectivity index (χ4v) is 4.70. The summed E-state index contributed by atoms with van der Waals surface area (Å²) < 4.78 is 2.04. The maximum Gasteiger partial charge on any atom is 0.237 e. The molecule has 9 heteroatoms. The summed E-state index contributed by atoms with van der Waals surface area (Å²) in [6.45, 7) is 10.6. The van der Waals surface area contributed by atoms with Crippen molar-refractivity contribution >= 4 is 35.1 Å². The van der Waals surface area contributed by atoms with Gasteiger partial charge >= 0.3 is 0 Å². The fourth-order valence-electron chi connectivity index (χ4n) is 2.88. The van der Waals surface area contributed by atoms with Crippen LogP contribution in [0.2, 0.25) is 0 Å². The standard InChI is InChI=1S/C21H26N6OS2/c1-6-27-18(12-29-20-22-14(3)11-15(4)23-20)25-26-21(27)30-16(5)19(28)24-17-10-8-7-9-13(17)2/h7-11,16H,6,12H2,1-5H3,(H,24,28)/t16-/m0/s1. The van der Waals surface area contributed by atoms with Gasteiger partial charge < -0.3 is 9.88 Å². The molecular formula is C21H26N6OS2. The van der Waals surface area contributed by atoms with Gasteiger partial charge in [0.05, 0.1) is 11.0 Å². The van der Waals surface area contributed by atoms with E-state index in [1.165, 1.54) is 23.5 Å². The predicted octanol–water partition coefficient (Wildman–Crippen LogP) is 4.42. The van der Waals surface area contributed by atoms with E-state index in [1.54, 1.807) is 0 Å². The average Bonchev–Trinajstić information content (AvgIpc) is 3.08. The number of hydrogen-bond donors (Lipinski definition) is 1. The summed E-state index contributed by atoms with van der Waals surface area (Å²) in [5, 5.41) is 12.8. The number of thioether (sulfide) groups is 2. The van der Waals surface area contributed by atoms with Crippen molar-refractivity contribution in [2.24, 2.45) is 0 Å². The van der Waals surface area contributed by atoms with E-state index in [0.29, 0.717) is 5.75 Å². The van der Waals surface area contributed by atoms with Gasteiger partial charge in [0.15, 0.2) is 10.3 Å². The summed E-state index contributed by atoms with van der Waals surface area (Å²) in [5.74, 6) is 1.41. The zero-order valence-electron chi connectivity index (χ0n) is 17.8. The van der Waals surface area contributed by atoms with Crippen LogP contribution < -0.4 is 5.32 Å². The third kappa shape index (κ3) is 5.60. The third-order valence-corrected chi connectivity index (χ3v) is 6.38. The molecule has 0 unspecified atom stereocenters. The summed E-state index contributed by atoms with van der Waals surface area (Å²) in [6, 6.07) is 9.71. The fraction of sp³-hybridized carbons (Fsp3) is 0.381. The Morgan fingerprint density at radius 2 is 1.83 bits per heavy atom. The molecule has 0 spiro atoms. The Morgan fingerprint density at radius 3 is 2.50 bits per heavy atom. The molecule has 1 atom stereocenters. The smallest absolute Gasteiger partial charge is 0.237 e. The molecule has 1 aromatic carbocycles. The lowest BCUT2D eigenvalue weighted by Crippen LogP contribution is -2.23. The van der Waals surface area contributed by atoms with Crippen molar-refractivity contribution in [3.63, 3.8) is 0 Å².